The molecule has 0 unspecified atom stereocenters. The molecule has 0 aliphatic rings. The molecule has 162 valence electrons. The quantitative estimate of drug-likeness (QED) is 0.258. The molecule has 0 spiro atoms. The zero-order chi connectivity index (χ0) is 22.2. The van der Waals surface area contributed by atoms with Crippen LogP contribution in [0.5, 0.6) is 0 Å². The Morgan fingerprint density at radius 1 is 1.16 bits per heavy atom. The van der Waals surface area contributed by atoms with Crippen LogP contribution in [0.3, 0.4) is 0 Å². The SMILES string of the molecule is COCCCN(Cc1cccn1Cc1cccc(Cl)c1)C(=O)c1cccc([N+](=O)[O-])c1. The van der Waals surface area contributed by atoms with Crippen molar-refractivity contribution >= 4 is 23.2 Å². The van der Waals surface area contributed by atoms with Crippen LogP contribution in [0.1, 0.15) is 28.0 Å². The maximum Gasteiger partial charge on any atom is 0.270 e. The highest BCUT2D eigenvalue weighted by atomic mass is 35.5. The van der Waals surface area contributed by atoms with Gasteiger partial charge in [0.15, 0.2) is 0 Å². The zero-order valence-electron chi connectivity index (χ0n) is 17.2. The van der Waals surface area contributed by atoms with E-state index < -0.39 is 4.92 Å². The fraction of sp³-hybridized carbons (Fsp3) is 0.261. The first-order valence-electron chi connectivity index (χ1n) is 9.89. The largest absolute Gasteiger partial charge is 0.385 e. The molecule has 1 aromatic heterocycles. The highest BCUT2D eigenvalue weighted by molar-refractivity contribution is 6.30. The van der Waals surface area contributed by atoms with Crippen molar-refractivity contribution < 1.29 is 14.5 Å². The number of non-ortho nitro benzene ring substituents is 1. The molecule has 1 heterocycles. The van der Waals surface area contributed by atoms with E-state index in [1.807, 2.05) is 42.6 Å². The highest BCUT2D eigenvalue weighted by Gasteiger charge is 2.19. The first kappa shape index (κ1) is 22.5. The molecule has 3 aromatic rings. The molecule has 31 heavy (non-hydrogen) atoms. The van der Waals surface area contributed by atoms with Crippen molar-refractivity contribution in [1.82, 2.24) is 9.47 Å². The average molecular weight is 442 g/mol. The van der Waals surface area contributed by atoms with E-state index in [1.54, 1.807) is 18.1 Å². The van der Waals surface area contributed by atoms with E-state index in [9.17, 15) is 14.9 Å². The van der Waals surface area contributed by atoms with Crippen LogP contribution >= 0.6 is 11.6 Å². The predicted molar refractivity (Wildman–Crippen MR) is 119 cm³/mol. The van der Waals surface area contributed by atoms with Gasteiger partial charge in [0.1, 0.15) is 0 Å². The van der Waals surface area contributed by atoms with Crippen LogP contribution in [0.2, 0.25) is 5.02 Å². The minimum Gasteiger partial charge on any atom is -0.385 e. The van der Waals surface area contributed by atoms with E-state index in [2.05, 4.69) is 4.57 Å². The van der Waals surface area contributed by atoms with Gasteiger partial charge in [0, 0.05) is 61.4 Å². The van der Waals surface area contributed by atoms with Crippen LogP contribution in [-0.2, 0) is 17.8 Å². The number of nitrogens with zero attached hydrogens (tertiary/aromatic N) is 3. The second kappa shape index (κ2) is 10.7. The average Bonchev–Trinajstić information content (AvgIpc) is 3.19. The third-order valence-electron chi connectivity index (χ3n) is 4.89. The molecule has 0 aliphatic carbocycles. The summed E-state index contributed by atoms with van der Waals surface area (Å²) in [5.41, 5.74) is 2.20. The standard InChI is InChI=1S/C23H24ClN3O4/c1-31-13-5-12-26(23(28)19-7-3-9-21(15-19)27(29)30)17-22-10-4-11-25(22)16-18-6-2-8-20(24)14-18/h2-4,6-11,14-15H,5,12-13,16-17H2,1H3. The van der Waals surface area contributed by atoms with Crippen LogP contribution in [0.25, 0.3) is 0 Å². The first-order valence-corrected chi connectivity index (χ1v) is 10.3. The van der Waals surface area contributed by atoms with Crippen LogP contribution in [0.4, 0.5) is 5.69 Å². The maximum absolute atomic E-state index is 13.2. The molecule has 8 heteroatoms. The monoisotopic (exact) mass is 441 g/mol. The van der Waals surface area contributed by atoms with Gasteiger partial charge in [0.05, 0.1) is 11.5 Å². The molecule has 0 atom stereocenters. The Labute approximate surface area is 186 Å². The number of halogens is 1. The van der Waals surface area contributed by atoms with Gasteiger partial charge in [0.25, 0.3) is 11.6 Å². The van der Waals surface area contributed by atoms with Crippen LogP contribution in [0, 0.1) is 10.1 Å². The number of hydrogen-bond acceptors (Lipinski definition) is 4. The zero-order valence-corrected chi connectivity index (χ0v) is 18.0. The summed E-state index contributed by atoms with van der Waals surface area (Å²) in [7, 11) is 1.61. The predicted octanol–water partition coefficient (Wildman–Crippen LogP) is 4.78. The number of aromatic nitrogens is 1. The van der Waals surface area contributed by atoms with Gasteiger partial charge in [-0.15, -0.1) is 0 Å². The highest BCUT2D eigenvalue weighted by Crippen LogP contribution is 2.18. The van der Waals surface area contributed by atoms with E-state index in [0.717, 1.165) is 11.3 Å². The van der Waals surface area contributed by atoms with E-state index in [4.69, 9.17) is 16.3 Å². The number of hydrogen-bond donors (Lipinski definition) is 0. The Morgan fingerprint density at radius 3 is 2.71 bits per heavy atom. The van der Waals surface area contributed by atoms with E-state index >= 15 is 0 Å². The molecule has 0 fully saturated rings. The summed E-state index contributed by atoms with van der Waals surface area (Å²) in [4.78, 5) is 25.5. The van der Waals surface area contributed by atoms with Crippen molar-refractivity contribution in [2.75, 3.05) is 20.3 Å². The topological polar surface area (TPSA) is 77.6 Å². The number of rotatable bonds is 10. The number of nitro groups is 1. The summed E-state index contributed by atoms with van der Waals surface area (Å²) in [6.45, 7) is 1.98. The lowest BCUT2D eigenvalue weighted by Crippen LogP contribution is -2.33. The Bertz CT molecular complexity index is 1050. The van der Waals surface area contributed by atoms with Gasteiger partial charge in [-0.05, 0) is 42.3 Å². The number of nitro benzene ring substituents is 1. The lowest BCUT2D eigenvalue weighted by molar-refractivity contribution is -0.384. The number of carbonyl (C=O) groups is 1. The number of methoxy groups -OCH3 is 1. The second-order valence-electron chi connectivity index (χ2n) is 7.14. The molecular formula is C23H24ClN3O4. The summed E-state index contributed by atoms with van der Waals surface area (Å²) in [5.74, 6) is -0.254. The lowest BCUT2D eigenvalue weighted by Gasteiger charge is -2.24. The van der Waals surface area contributed by atoms with Crippen LogP contribution in [-0.4, -0.2) is 40.6 Å². The number of carbonyl (C=O) groups excluding carboxylic acids is 1. The van der Waals surface area contributed by atoms with Crippen molar-refractivity contribution in [1.29, 1.82) is 0 Å². The second-order valence-corrected chi connectivity index (χ2v) is 7.57. The summed E-state index contributed by atoms with van der Waals surface area (Å²) in [5, 5.41) is 11.8. The van der Waals surface area contributed by atoms with Crippen molar-refractivity contribution in [2.24, 2.45) is 0 Å². The molecule has 1 amide bonds. The Balaban J connectivity index is 1.82. The Hall–Kier alpha value is -3.16. The Morgan fingerprint density at radius 2 is 1.97 bits per heavy atom. The third-order valence-corrected chi connectivity index (χ3v) is 5.12. The van der Waals surface area contributed by atoms with Crippen LogP contribution in [0.15, 0.2) is 66.9 Å². The fourth-order valence-corrected chi connectivity index (χ4v) is 3.57. The summed E-state index contributed by atoms with van der Waals surface area (Å²) in [6, 6.07) is 17.4. The molecule has 2 aromatic carbocycles. The minimum atomic E-state index is -0.498. The van der Waals surface area contributed by atoms with Gasteiger partial charge in [-0.2, -0.15) is 0 Å². The first-order chi connectivity index (χ1) is 15.0. The van der Waals surface area contributed by atoms with Gasteiger partial charge < -0.3 is 14.2 Å². The summed E-state index contributed by atoms with van der Waals surface area (Å²) < 4.78 is 7.20. The van der Waals surface area contributed by atoms with Gasteiger partial charge in [0.2, 0.25) is 0 Å². The summed E-state index contributed by atoms with van der Waals surface area (Å²) in [6.07, 6.45) is 2.62. The van der Waals surface area contributed by atoms with E-state index in [0.29, 0.717) is 43.2 Å². The molecular weight excluding hydrogens is 418 g/mol. The van der Waals surface area contributed by atoms with Gasteiger partial charge >= 0.3 is 0 Å². The van der Waals surface area contributed by atoms with E-state index in [-0.39, 0.29) is 11.6 Å². The molecule has 3 rings (SSSR count). The summed E-state index contributed by atoms with van der Waals surface area (Å²) >= 11 is 6.10. The maximum atomic E-state index is 13.2. The number of benzene rings is 2. The van der Waals surface area contributed by atoms with Crippen molar-refractivity contribution in [2.45, 2.75) is 19.5 Å². The lowest BCUT2D eigenvalue weighted by atomic mass is 10.1. The van der Waals surface area contributed by atoms with E-state index in [1.165, 1.54) is 18.2 Å². The van der Waals surface area contributed by atoms with Crippen LogP contribution < -0.4 is 0 Å². The molecule has 0 saturated carbocycles. The molecule has 0 aliphatic heterocycles. The number of ether oxygens (including phenoxy) is 1. The van der Waals surface area contributed by atoms with Crippen molar-refractivity contribution in [3.05, 3.63) is 98.8 Å². The Kier molecular flexibility index (Phi) is 7.81. The fourth-order valence-electron chi connectivity index (χ4n) is 3.36. The normalized spacial score (nSPS) is 10.8. The van der Waals surface area contributed by atoms with Gasteiger partial charge in [-0.3, -0.25) is 14.9 Å². The third kappa shape index (κ3) is 6.16. The smallest absolute Gasteiger partial charge is 0.270 e. The molecule has 7 nitrogen and oxygen atoms in total. The van der Waals surface area contributed by atoms with Crippen molar-refractivity contribution in [3.8, 4) is 0 Å². The minimum absolute atomic E-state index is 0.105. The molecule has 0 N–H and O–H groups in total. The van der Waals surface area contributed by atoms with Gasteiger partial charge in [-0.1, -0.05) is 29.8 Å². The van der Waals surface area contributed by atoms with Gasteiger partial charge in [-0.25, -0.2) is 0 Å². The van der Waals surface area contributed by atoms with Crippen molar-refractivity contribution in [3.63, 3.8) is 0 Å². The molecule has 0 saturated heterocycles. The molecule has 0 bridgehead atoms. The molecule has 0 radical (unpaired) electrons. The number of amides is 1.